The maximum Gasteiger partial charge on any atom is 0.233 e. The molecule has 1 aliphatic heterocycles. The third kappa shape index (κ3) is 4.07. The van der Waals surface area contributed by atoms with Crippen LogP contribution in [-0.4, -0.2) is 69.6 Å². The summed E-state index contributed by atoms with van der Waals surface area (Å²) >= 11 is 0. The van der Waals surface area contributed by atoms with E-state index in [-0.39, 0.29) is 5.91 Å². The Bertz CT molecular complexity index is 342. The van der Waals surface area contributed by atoms with E-state index < -0.39 is 10.0 Å². The van der Waals surface area contributed by atoms with Crippen molar-refractivity contribution in [1.82, 2.24) is 14.5 Å². The first kappa shape index (κ1) is 13.4. The minimum Gasteiger partial charge on any atom is -0.358 e. The van der Waals surface area contributed by atoms with E-state index in [1.165, 1.54) is 10.6 Å². The van der Waals surface area contributed by atoms with Crippen LogP contribution >= 0.6 is 0 Å². The molecular formula is C9H19N3O3S. The van der Waals surface area contributed by atoms with E-state index in [1.54, 1.807) is 7.05 Å². The summed E-state index contributed by atoms with van der Waals surface area (Å²) in [4.78, 5) is 13.2. The Balaban J connectivity index is 2.50. The second kappa shape index (κ2) is 5.60. The lowest BCUT2D eigenvalue weighted by Gasteiger charge is -2.19. The van der Waals surface area contributed by atoms with Gasteiger partial charge in [-0.05, 0) is 13.0 Å². The number of sulfonamides is 1. The van der Waals surface area contributed by atoms with Crippen molar-refractivity contribution in [2.24, 2.45) is 0 Å². The van der Waals surface area contributed by atoms with Crippen LogP contribution in [0.15, 0.2) is 0 Å². The molecule has 1 heterocycles. The number of likely N-dealkylation sites (N-methyl/N-ethyl adjacent to an activating group) is 1. The van der Waals surface area contributed by atoms with E-state index in [9.17, 15) is 13.2 Å². The number of carbonyl (C=O) groups is 1. The van der Waals surface area contributed by atoms with Crippen LogP contribution in [0, 0.1) is 0 Å². The molecule has 1 saturated heterocycles. The summed E-state index contributed by atoms with van der Waals surface area (Å²) in [6.45, 7) is 2.73. The van der Waals surface area contributed by atoms with Crippen molar-refractivity contribution in [3.63, 3.8) is 0 Å². The SMILES string of the molecule is CNC(=O)CN1CCCN(S(C)(=O)=O)CC1. The molecule has 7 heteroatoms. The Morgan fingerprint density at radius 1 is 1.25 bits per heavy atom. The molecule has 0 aromatic heterocycles. The normalized spacial score (nSPS) is 20.4. The Hall–Kier alpha value is -0.660. The van der Waals surface area contributed by atoms with Gasteiger partial charge in [-0.2, -0.15) is 0 Å². The summed E-state index contributed by atoms with van der Waals surface area (Å²) in [5.74, 6) is -0.0344. The molecule has 0 saturated carbocycles. The van der Waals surface area contributed by atoms with Gasteiger partial charge in [-0.25, -0.2) is 12.7 Å². The number of amides is 1. The predicted octanol–water partition coefficient (Wildman–Crippen LogP) is -1.30. The van der Waals surface area contributed by atoms with Crippen molar-refractivity contribution in [2.75, 3.05) is 46.0 Å². The van der Waals surface area contributed by atoms with Crippen LogP contribution < -0.4 is 5.32 Å². The summed E-state index contributed by atoms with van der Waals surface area (Å²) < 4.78 is 24.2. The molecule has 16 heavy (non-hydrogen) atoms. The van der Waals surface area contributed by atoms with Gasteiger partial charge in [-0.15, -0.1) is 0 Å². The van der Waals surface area contributed by atoms with Gasteiger partial charge in [0.2, 0.25) is 15.9 Å². The summed E-state index contributed by atoms with van der Waals surface area (Å²) in [6.07, 6.45) is 1.99. The average molecular weight is 249 g/mol. The number of hydrogen-bond acceptors (Lipinski definition) is 4. The zero-order valence-corrected chi connectivity index (χ0v) is 10.6. The van der Waals surface area contributed by atoms with Gasteiger partial charge in [0.15, 0.2) is 0 Å². The number of nitrogens with one attached hydrogen (secondary N) is 1. The number of nitrogens with zero attached hydrogens (tertiary/aromatic N) is 2. The molecule has 0 aliphatic carbocycles. The molecule has 0 spiro atoms. The second-order valence-corrected chi connectivity index (χ2v) is 5.95. The van der Waals surface area contributed by atoms with Crippen molar-refractivity contribution >= 4 is 15.9 Å². The maximum absolute atomic E-state index is 11.4. The maximum atomic E-state index is 11.4. The molecule has 0 radical (unpaired) electrons. The lowest BCUT2D eigenvalue weighted by atomic mass is 10.4. The Morgan fingerprint density at radius 3 is 2.50 bits per heavy atom. The summed E-state index contributed by atoms with van der Waals surface area (Å²) in [7, 11) is -1.50. The first-order valence-electron chi connectivity index (χ1n) is 5.31. The van der Waals surface area contributed by atoms with E-state index in [0.717, 1.165) is 13.0 Å². The summed E-state index contributed by atoms with van der Waals surface area (Å²) in [6, 6.07) is 0. The fourth-order valence-corrected chi connectivity index (χ4v) is 2.59. The van der Waals surface area contributed by atoms with Crippen LogP contribution in [0.1, 0.15) is 6.42 Å². The Kier molecular flexibility index (Phi) is 4.69. The minimum absolute atomic E-state index is 0.0344. The minimum atomic E-state index is -3.10. The number of carbonyl (C=O) groups excluding carboxylic acids is 1. The molecule has 6 nitrogen and oxygen atoms in total. The third-order valence-electron chi connectivity index (χ3n) is 2.66. The van der Waals surface area contributed by atoms with Gasteiger partial charge >= 0.3 is 0 Å². The zero-order valence-electron chi connectivity index (χ0n) is 9.77. The topological polar surface area (TPSA) is 69.7 Å². The van der Waals surface area contributed by atoms with Crippen LogP contribution in [0.4, 0.5) is 0 Å². The van der Waals surface area contributed by atoms with Gasteiger partial charge in [0.25, 0.3) is 0 Å². The lowest BCUT2D eigenvalue weighted by molar-refractivity contribution is -0.121. The van der Waals surface area contributed by atoms with Crippen molar-refractivity contribution in [3.05, 3.63) is 0 Å². The zero-order chi connectivity index (χ0) is 12.2. The molecule has 0 atom stereocenters. The molecule has 94 valence electrons. The molecule has 0 aromatic carbocycles. The Morgan fingerprint density at radius 2 is 1.94 bits per heavy atom. The van der Waals surface area contributed by atoms with Crippen molar-refractivity contribution in [1.29, 1.82) is 0 Å². The first-order chi connectivity index (χ1) is 7.43. The highest BCUT2D eigenvalue weighted by Crippen LogP contribution is 2.06. The lowest BCUT2D eigenvalue weighted by Crippen LogP contribution is -2.38. The van der Waals surface area contributed by atoms with Gasteiger partial charge in [-0.3, -0.25) is 9.69 Å². The highest BCUT2D eigenvalue weighted by Gasteiger charge is 2.21. The van der Waals surface area contributed by atoms with Gasteiger partial charge < -0.3 is 5.32 Å². The van der Waals surface area contributed by atoms with Gasteiger partial charge in [0, 0.05) is 26.7 Å². The fraction of sp³-hybridized carbons (Fsp3) is 0.889. The smallest absolute Gasteiger partial charge is 0.233 e. The molecule has 0 aromatic rings. The summed E-state index contributed by atoms with van der Waals surface area (Å²) in [5, 5.41) is 2.56. The highest BCUT2D eigenvalue weighted by atomic mass is 32.2. The van der Waals surface area contributed by atoms with E-state index in [2.05, 4.69) is 5.32 Å². The summed E-state index contributed by atoms with van der Waals surface area (Å²) in [5.41, 5.74) is 0. The number of rotatable bonds is 3. The van der Waals surface area contributed by atoms with Crippen molar-refractivity contribution in [3.8, 4) is 0 Å². The average Bonchev–Trinajstić information content (AvgIpc) is 2.42. The molecule has 0 unspecified atom stereocenters. The molecular weight excluding hydrogens is 230 g/mol. The van der Waals surface area contributed by atoms with Crippen LogP contribution in [0.25, 0.3) is 0 Å². The first-order valence-corrected chi connectivity index (χ1v) is 7.16. The van der Waals surface area contributed by atoms with Crippen LogP contribution in [0.3, 0.4) is 0 Å². The fourth-order valence-electron chi connectivity index (χ4n) is 1.72. The van der Waals surface area contributed by atoms with Gasteiger partial charge in [0.05, 0.1) is 12.8 Å². The van der Waals surface area contributed by atoms with E-state index >= 15 is 0 Å². The predicted molar refractivity (Wildman–Crippen MR) is 61.5 cm³/mol. The molecule has 1 amide bonds. The monoisotopic (exact) mass is 249 g/mol. The van der Waals surface area contributed by atoms with Gasteiger partial charge in [0.1, 0.15) is 0 Å². The quantitative estimate of drug-likeness (QED) is 0.675. The Labute approximate surface area is 96.6 Å². The molecule has 0 bridgehead atoms. The number of hydrogen-bond donors (Lipinski definition) is 1. The second-order valence-electron chi connectivity index (χ2n) is 3.96. The van der Waals surface area contributed by atoms with Crippen LogP contribution in [0.5, 0.6) is 0 Å². The standard InChI is InChI=1S/C9H19N3O3S/c1-10-9(13)8-11-4-3-5-12(7-6-11)16(2,14)15/h3-8H2,1-2H3,(H,10,13). The van der Waals surface area contributed by atoms with E-state index in [1.807, 2.05) is 4.90 Å². The molecule has 1 fully saturated rings. The van der Waals surface area contributed by atoms with Crippen LogP contribution in [0.2, 0.25) is 0 Å². The van der Waals surface area contributed by atoms with E-state index in [4.69, 9.17) is 0 Å². The van der Waals surface area contributed by atoms with Crippen molar-refractivity contribution in [2.45, 2.75) is 6.42 Å². The largest absolute Gasteiger partial charge is 0.358 e. The van der Waals surface area contributed by atoms with E-state index in [0.29, 0.717) is 26.2 Å². The van der Waals surface area contributed by atoms with Crippen molar-refractivity contribution < 1.29 is 13.2 Å². The van der Waals surface area contributed by atoms with Gasteiger partial charge in [-0.1, -0.05) is 0 Å². The third-order valence-corrected chi connectivity index (χ3v) is 3.97. The van der Waals surface area contributed by atoms with Crippen LogP contribution in [-0.2, 0) is 14.8 Å². The molecule has 1 rings (SSSR count). The highest BCUT2D eigenvalue weighted by molar-refractivity contribution is 7.88. The molecule has 1 N–H and O–H groups in total. The molecule has 1 aliphatic rings.